The number of ether oxygens (including phenoxy) is 1. The Morgan fingerprint density at radius 2 is 1.87 bits per heavy atom. The van der Waals surface area contributed by atoms with Gasteiger partial charge in [0.2, 0.25) is 5.91 Å². The molecule has 4 rings (SSSR count). The van der Waals surface area contributed by atoms with Crippen LogP contribution >= 0.6 is 0 Å². The quantitative estimate of drug-likeness (QED) is 0.315. The molecule has 0 spiro atoms. The topological polar surface area (TPSA) is 131 Å². The van der Waals surface area contributed by atoms with Crippen LogP contribution < -0.4 is 10.2 Å². The number of Topliss-reactive ketones (excluding diaryl/α,β-unsaturated/α-hetero) is 1. The van der Waals surface area contributed by atoms with Crippen molar-refractivity contribution in [3.05, 3.63) is 40.3 Å². The van der Waals surface area contributed by atoms with Gasteiger partial charge >= 0.3 is 0 Å². The maximum absolute atomic E-state index is 13.7. The van der Waals surface area contributed by atoms with Crippen molar-refractivity contribution in [3.8, 4) is 0 Å². The highest BCUT2D eigenvalue weighted by Gasteiger charge is 2.53. The third-order valence-corrected chi connectivity index (χ3v) is 7.47. The lowest BCUT2D eigenvalue weighted by Crippen LogP contribution is -2.53. The Labute approximate surface area is 224 Å². The summed E-state index contributed by atoms with van der Waals surface area (Å²) in [5.74, 6) is -0.923. The Kier molecular flexibility index (Phi) is 8.60. The van der Waals surface area contributed by atoms with Crippen molar-refractivity contribution in [2.24, 2.45) is 10.5 Å². The molecule has 3 saturated heterocycles. The lowest BCUT2D eigenvalue weighted by atomic mass is 9.87. The van der Waals surface area contributed by atoms with Crippen LogP contribution in [0, 0.1) is 5.41 Å². The van der Waals surface area contributed by atoms with Gasteiger partial charge in [-0.2, -0.15) is 0 Å². The first-order chi connectivity index (χ1) is 18.1. The number of nitrogens with zero attached hydrogens (tertiary/aromatic N) is 6. The summed E-state index contributed by atoms with van der Waals surface area (Å²) in [7, 11) is 0. The van der Waals surface area contributed by atoms with E-state index < -0.39 is 24.2 Å². The van der Waals surface area contributed by atoms with Gasteiger partial charge in [-0.1, -0.05) is 32.8 Å². The number of anilines is 1. The normalized spacial score (nSPS) is 24.6. The van der Waals surface area contributed by atoms with Gasteiger partial charge in [0.25, 0.3) is 5.91 Å². The molecule has 3 heterocycles. The van der Waals surface area contributed by atoms with Crippen LogP contribution in [0.4, 0.5) is 5.69 Å². The average Bonchev–Trinajstić information content (AvgIpc) is 3.44. The maximum Gasteiger partial charge on any atom is 0.251 e. The fraction of sp³-hybridized carbons (Fsp3) is 0.667. The Bertz CT molecular complexity index is 1070. The highest BCUT2D eigenvalue weighted by molar-refractivity contribution is 5.99. The number of amides is 2. The first-order valence-electron chi connectivity index (χ1n) is 13.5. The summed E-state index contributed by atoms with van der Waals surface area (Å²) in [4.78, 5) is 48.6. The number of azide groups is 1. The third-order valence-electron chi connectivity index (χ3n) is 7.47. The molecule has 0 aliphatic carbocycles. The van der Waals surface area contributed by atoms with E-state index in [1.54, 1.807) is 12.1 Å². The van der Waals surface area contributed by atoms with Gasteiger partial charge in [-0.15, -0.1) is 0 Å². The zero-order valence-corrected chi connectivity index (χ0v) is 22.8. The smallest absolute Gasteiger partial charge is 0.251 e. The van der Waals surface area contributed by atoms with Crippen LogP contribution in [0.15, 0.2) is 29.4 Å². The Balaban J connectivity index is 1.46. The Morgan fingerprint density at radius 1 is 1.18 bits per heavy atom. The molecule has 3 aliphatic rings. The first-order valence-corrected chi connectivity index (χ1v) is 13.5. The monoisotopic (exact) mass is 525 g/mol. The minimum atomic E-state index is -0.840. The summed E-state index contributed by atoms with van der Waals surface area (Å²) < 4.78 is 5.54. The molecular weight excluding hydrogens is 486 g/mol. The lowest BCUT2D eigenvalue weighted by Gasteiger charge is -2.36. The van der Waals surface area contributed by atoms with E-state index in [0.29, 0.717) is 12.0 Å². The zero-order chi connectivity index (χ0) is 27.4. The number of likely N-dealkylation sites (tertiary alicyclic amines) is 1. The largest absolute Gasteiger partial charge is 0.369 e. The average molecular weight is 526 g/mol. The fourth-order valence-corrected chi connectivity index (χ4v) is 5.65. The van der Waals surface area contributed by atoms with Gasteiger partial charge in [0, 0.05) is 48.9 Å². The number of rotatable bonds is 8. The number of hydrogen-bond donors (Lipinski definition) is 1. The minimum Gasteiger partial charge on any atom is -0.369 e. The van der Waals surface area contributed by atoms with Crippen molar-refractivity contribution in [2.45, 2.75) is 64.8 Å². The van der Waals surface area contributed by atoms with E-state index in [4.69, 9.17) is 10.3 Å². The van der Waals surface area contributed by atoms with Crippen molar-refractivity contribution < 1.29 is 19.1 Å². The molecular formula is C27H39N7O4. The predicted molar refractivity (Wildman–Crippen MR) is 144 cm³/mol. The molecule has 11 nitrogen and oxygen atoms in total. The lowest BCUT2D eigenvalue weighted by molar-refractivity contribution is -0.138. The minimum absolute atomic E-state index is 0.0840. The van der Waals surface area contributed by atoms with Gasteiger partial charge in [0.05, 0.1) is 12.1 Å². The van der Waals surface area contributed by atoms with E-state index in [1.807, 2.05) is 32.9 Å². The Hall–Kier alpha value is -3.14. The van der Waals surface area contributed by atoms with Crippen molar-refractivity contribution >= 4 is 23.3 Å². The SMILES string of the molecule is CCCN1CCN(c2ccc(C(=O)N[C@@H](CC(C)(C)C)C(=O)N3C[C@@H](N=[N+]=[N-])[C@H]4OCC(=O)[C@H]43)cc2)CC1. The molecule has 11 heteroatoms. The van der Waals surface area contributed by atoms with E-state index in [2.05, 4.69) is 32.1 Å². The van der Waals surface area contributed by atoms with E-state index in [-0.39, 0.29) is 36.2 Å². The highest BCUT2D eigenvalue weighted by atomic mass is 16.5. The summed E-state index contributed by atoms with van der Waals surface area (Å²) in [5, 5.41) is 6.67. The van der Waals surface area contributed by atoms with E-state index in [9.17, 15) is 14.4 Å². The second kappa shape index (κ2) is 11.7. The summed E-state index contributed by atoms with van der Waals surface area (Å²) in [6.45, 7) is 13.2. The summed E-state index contributed by atoms with van der Waals surface area (Å²) in [6.07, 6.45) is 0.886. The van der Waals surface area contributed by atoms with Gasteiger partial charge in [-0.3, -0.25) is 19.3 Å². The van der Waals surface area contributed by atoms with E-state index in [1.165, 1.54) is 4.90 Å². The zero-order valence-electron chi connectivity index (χ0n) is 22.8. The van der Waals surface area contributed by atoms with Gasteiger partial charge < -0.3 is 19.9 Å². The Morgan fingerprint density at radius 3 is 2.47 bits per heavy atom. The molecule has 4 atom stereocenters. The van der Waals surface area contributed by atoms with Crippen molar-refractivity contribution in [3.63, 3.8) is 0 Å². The number of carbonyl (C=O) groups is 3. The summed E-state index contributed by atoms with van der Waals surface area (Å²) in [5.41, 5.74) is 10.2. The number of ketones is 1. The standard InChI is InChI=1S/C27H39N7O4/c1-5-10-32-11-13-33(14-12-32)19-8-6-18(7-9-19)25(36)29-20(15-27(2,3)4)26(37)34-16-21(30-31-28)24-23(34)22(35)17-38-24/h6-9,20-21,23-24H,5,10-17H2,1-4H3,(H,29,36)/t20-,21+,23+,24+/m0/s1. The highest BCUT2D eigenvalue weighted by Crippen LogP contribution is 2.32. The molecule has 3 fully saturated rings. The van der Waals surface area contributed by atoms with E-state index in [0.717, 1.165) is 44.8 Å². The second-order valence-corrected chi connectivity index (χ2v) is 11.6. The summed E-state index contributed by atoms with van der Waals surface area (Å²) in [6, 6.07) is 5.22. The van der Waals surface area contributed by atoms with Crippen LogP contribution in [0.1, 0.15) is 50.9 Å². The van der Waals surface area contributed by atoms with Crippen LogP contribution in [0.25, 0.3) is 10.4 Å². The molecule has 0 bridgehead atoms. The molecule has 0 unspecified atom stereocenters. The number of benzene rings is 1. The van der Waals surface area contributed by atoms with Crippen LogP contribution in [0.2, 0.25) is 0 Å². The molecule has 1 aromatic carbocycles. The number of carbonyl (C=O) groups excluding carboxylic acids is 3. The number of hydrogen-bond acceptors (Lipinski definition) is 7. The second-order valence-electron chi connectivity index (χ2n) is 11.6. The molecule has 206 valence electrons. The fourth-order valence-electron chi connectivity index (χ4n) is 5.65. The van der Waals surface area contributed by atoms with Crippen LogP contribution in [0.3, 0.4) is 0 Å². The first kappa shape index (κ1) is 27.9. The van der Waals surface area contributed by atoms with Crippen molar-refractivity contribution in [2.75, 3.05) is 50.8 Å². The number of nitrogens with one attached hydrogen (secondary N) is 1. The van der Waals surface area contributed by atoms with Gasteiger partial charge in [-0.25, -0.2) is 0 Å². The molecule has 1 aromatic rings. The maximum atomic E-state index is 13.7. The van der Waals surface area contributed by atoms with Gasteiger partial charge in [0.1, 0.15) is 18.7 Å². The van der Waals surface area contributed by atoms with Crippen LogP contribution in [-0.2, 0) is 14.3 Å². The van der Waals surface area contributed by atoms with Crippen LogP contribution in [-0.4, -0.2) is 97.5 Å². The molecule has 0 aromatic heterocycles. The summed E-state index contributed by atoms with van der Waals surface area (Å²) >= 11 is 0. The van der Waals surface area contributed by atoms with Crippen molar-refractivity contribution in [1.82, 2.24) is 15.1 Å². The van der Waals surface area contributed by atoms with E-state index >= 15 is 0 Å². The molecule has 0 saturated carbocycles. The number of piperazine rings is 1. The third kappa shape index (κ3) is 6.28. The van der Waals surface area contributed by atoms with Crippen LogP contribution in [0.5, 0.6) is 0 Å². The molecule has 3 aliphatic heterocycles. The van der Waals surface area contributed by atoms with Gasteiger partial charge in [-0.05, 0) is 54.6 Å². The molecule has 2 amide bonds. The molecule has 38 heavy (non-hydrogen) atoms. The number of fused-ring (bicyclic) bond motifs is 1. The predicted octanol–water partition coefficient (Wildman–Crippen LogP) is 2.61. The van der Waals surface area contributed by atoms with Gasteiger partial charge in [0.15, 0.2) is 5.78 Å². The molecule has 1 N–H and O–H groups in total. The van der Waals surface area contributed by atoms with Crippen molar-refractivity contribution in [1.29, 1.82) is 0 Å². The molecule has 0 radical (unpaired) electrons.